The van der Waals surface area contributed by atoms with Crippen LogP contribution in [0.3, 0.4) is 0 Å². The summed E-state index contributed by atoms with van der Waals surface area (Å²) in [6, 6.07) is 12.6. The predicted molar refractivity (Wildman–Crippen MR) is 84.8 cm³/mol. The molecule has 5 heteroatoms. The number of thiophene rings is 1. The average molecular weight is 302 g/mol. The number of anilines is 1. The number of benzene rings is 1. The lowest BCUT2D eigenvalue weighted by atomic mass is 10.2. The summed E-state index contributed by atoms with van der Waals surface area (Å²) >= 11 is 3.53. The second-order valence-electron chi connectivity index (χ2n) is 4.79. The summed E-state index contributed by atoms with van der Waals surface area (Å²) in [5.74, 6) is 0. The van der Waals surface area contributed by atoms with Gasteiger partial charge in [0.25, 0.3) is 0 Å². The van der Waals surface area contributed by atoms with Gasteiger partial charge in [-0.25, -0.2) is 4.98 Å². The van der Waals surface area contributed by atoms with Crippen molar-refractivity contribution in [2.45, 2.75) is 6.10 Å². The van der Waals surface area contributed by atoms with Crippen LogP contribution in [0, 0.1) is 0 Å². The molecule has 0 spiro atoms. The van der Waals surface area contributed by atoms with Gasteiger partial charge >= 0.3 is 0 Å². The molecule has 0 saturated carbocycles. The van der Waals surface area contributed by atoms with E-state index in [1.165, 1.54) is 9.58 Å². The number of hydrogen-bond acceptors (Lipinski definition) is 5. The molecule has 3 aromatic rings. The summed E-state index contributed by atoms with van der Waals surface area (Å²) in [6.07, 6.45) is 0.177. The zero-order valence-corrected chi connectivity index (χ0v) is 12.5. The number of hydrogen-bond donors (Lipinski definition) is 0. The summed E-state index contributed by atoms with van der Waals surface area (Å²) in [4.78, 5) is 8.39. The standard InChI is InChI=1S/C15H14N2OS2/c1-2-5-13-11(4-1)16-15(20-13)17-7-8-18-12(10-17)14-6-3-9-19-14/h1-6,9,12H,7-8,10H2. The van der Waals surface area contributed by atoms with E-state index in [-0.39, 0.29) is 6.10 Å². The zero-order chi connectivity index (χ0) is 13.4. The Labute approximate surface area is 125 Å². The highest BCUT2D eigenvalue weighted by Gasteiger charge is 2.24. The minimum Gasteiger partial charge on any atom is -0.369 e. The first-order chi connectivity index (χ1) is 9.90. The van der Waals surface area contributed by atoms with Gasteiger partial charge in [-0.2, -0.15) is 0 Å². The van der Waals surface area contributed by atoms with E-state index in [0.29, 0.717) is 0 Å². The fraction of sp³-hybridized carbons (Fsp3) is 0.267. The third-order valence-corrected chi connectivity index (χ3v) is 5.54. The van der Waals surface area contributed by atoms with E-state index in [1.54, 1.807) is 22.7 Å². The first kappa shape index (κ1) is 12.3. The van der Waals surface area contributed by atoms with Crippen molar-refractivity contribution in [3.63, 3.8) is 0 Å². The Balaban J connectivity index is 1.61. The molecule has 1 fully saturated rings. The molecule has 1 aliphatic heterocycles. The van der Waals surface area contributed by atoms with Crippen LogP contribution < -0.4 is 4.90 Å². The van der Waals surface area contributed by atoms with E-state index in [4.69, 9.17) is 9.72 Å². The van der Waals surface area contributed by atoms with Gasteiger partial charge < -0.3 is 9.64 Å². The van der Waals surface area contributed by atoms with Gasteiger partial charge in [-0.15, -0.1) is 11.3 Å². The fourth-order valence-corrected chi connectivity index (χ4v) is 4.23. The van der Waals surface area contributed by atoms with Crippen molar-refractivity contribution in [2.75, 3.05) is 24.6 Å². The quantitative estimate of drug-likeness (QED) is 0.717. The van der Waals surface area contributed by atoms with Crippen LogP contribution >= 0.6 is 22.7 Å². The van der Waals surface area contributed by atoms with E-state index in [0.717, 1.165) is 30.3 Å². The van der Waals surface area contributed by atoms with Crippen molar-refractivity contribution in [3.05, 3.63) is 46.7 Å². The minimum atomic E-state index is 0.177. The Morgan fingerprint density at radius 2 is 2.15 bits per heavy atom. The summed E-state index contributed by atoms with van der Waals surface area (Å²) in [6.45, 7) is 2.57. The molecular formula is C15H14N2OS2. The molecule has 1 atom stereocenters. The number of aromatic nitrogens is 1. The molecule has 20 heavy (non-hydrogen) atoms. The first-order valence-electron chi connectivity index (χ1n) is 6.66. The van der Waals surface area contributed by atoms with Gasteiger partial charge in [0.15, 0.2) is 5.13 Å². The maximum atomic E-state index is 5.89. The van der Waals surface area contributed by atoms with E-state index < -0.39 is 0 Å². The minimum absolute atomic E-state index is 0.177. The molecule has 0 amide bonds. The molecular weight excluding hydrogens is 288 g/mol. The predicted octanol–water partition coefficient (Wildman–Crippen LogP) is 3.94. The van der Waals surface area contributed by atoms with Crippen LogP contribution in [0.4, 0.5) is 5.13 Å². The molecule has 1 saturated heterocycles. The Bertz CT molecular complexity index is 675. The van der Waals surface area contributed by atoms with Crippen LogP contribution in [0.5, 0.6) is 0 Å². The molecule has 1 unspecified atom stereocenters. The van der Waals surface area contributed by atoms with E-state index in [2.05, 4.69) is 40.6 Å². The van der Waals surface area contributed by atoms with E-state index in [9.17, 15) is 0 Å². The van der Waals surface area contributed by atoms with Crippen molar-refractivity contribution in [1.82, 2.24) is 4.98 Å². The summed E-state index contributed by atoms with van der Waals surface area (Å²) in [5.41, 5.74) is 1.09. The molecule has 102 valence electrons. The lowest BCUT2D eigenvalue weighted by Crippen LogP contribution is -2.38. The Morgan fingerprint density at radius 1 is 1.20 bits per heavy atom. The van der Waals surface area contributed by atoms with E-state index >= 15 is 0 Å². The number of morpholine rings is 1. The normalized spacial score (nSPS) is 19.6. The highest BCUT2D eigenvalue weighted by Crippen LogP contribution is 2.33. The van der Waals surface area contributed by atoms with Crippen molar-refractivity contribution in [3.8, 4) is 0 Å². The highest BCUT2D eigenvalue weighted by molar-refractivity contribution is 7.22. The van der Waals surface area contributed by atoms with Crippen LogP contribution in [0.15, 0.2) is 41.8 Å². The second-order valence-corrected chi connectivity index (χ2v) is 6.77. The van der Waals surface area contributed by atoms with Gasteiger partial charge in [0, 0.05) is 11.4 Å². The number of thiazole rings is 1. The number of nitrogens with zero attached hydrogens (tertiary/aromatic N) is 2. The van der Waals surface area contributed by atoms with Crippen LogP contribution in [-0.4, -0.2) is 24.7 Å². The zero-order valence-electron chi connectivity index (χ0n) is 10.9. The Hall–Kier alpha value is -1.43. The Morgan fingerprint density at radius 3 is 3.00 bits per heavy atom. The average Bonchev–Trinajstić information content (AvgIpc) is 3.16. The lowest BCUT2D eigenvalue weighted by Gasteiger charge is -2.32. The van der Waals surface area contributed by atoms with Crippen LogP contribution in [0.1, 0.15) is 11.0 Å². The van der Waals surface area contributed by atoms with Gasteiger partial charge in [-0.3, -0.25) is 0 Å². The SMILES string of the molecule is c1csc(C2CN(c3nc4ccccc4s3)CCO2)c1. The van der Waals surface area contributed by atoms with Crippen molar-refractivity contribution in [1.29, 1.82) is 0 Å². The van der Waals surface area contributed by atoms with Gasteiger partial charge in [0.2, 0.25) is 0 Å². The molecule has 0 aliphatic carbocycles. The maximum Gasteiger partial charge on any atom is 0.186 e. The monoisotopic (exact) mass is 302 g/mol. The molecule has 0 bridgehead atoms. The van der Waals surface area contributed by atoms with Crippen molar-refractivity contribution >= 4 is 38.0 Å². The van der Waals surface area contributed by atoms with Crippen LogP contribution in [0.25, 0.3) is 10.2 Å². The molecule has 0 N–H and O–H groups in total. The second kappa shape index (κ2) is 5.16. The lowest BCUT2D eigenvalue weighted by molar-refractivity contribution is 0.0421. The summed E-state index contributed by atoms with van der Waals surface area (Å²) < 4.78 is 7.15. The largest absolute Gasteiger partial charge is 0.369 e. The van der Waals surface area contributed by atoms with Crippen LogP contribution in [0.2, 0.25) is 0 Å². The van der Waals surface area contributed by atoms with Crippen LogP contribution in [-0.2, 0) is 4.74 Å². The third-order valence-electron chi connectivity index (χ3n) is 3.48. The Kier molecular flexibility index (Phi) is 3.18. The first-order valence-corrected chi connectivity index (χ1v) is 8.35. The number of rotatable bonds is 2. The highest BCUT2D eigenvalue weighted by atomic mass is 32.1. The van der Waals surface area contributed by atoms with Gasteiger partial charge in [0.1, 0.15) is 6.10 Å². The smallest absolute Gasteiger partial charge is 0.186 e. The molecule has 2 aromatic heterocycles. The fourth-order valence-electron chi connectivity index (χ4n) is 2.46. The maximum absolute atomic E-state index is 5.89. The molecule has 1 aromatic carbocycles. The summed E-state index contributed by atoms with van der Waals surface area (Å²) in [7, 11) is 0. The summed E-state index contributed by atoms with van der Waals surface area (Å²) in [5, 5.41) is 3.21. The molecule has 4 rings (SSSR count). The topological polar surface area (TPSA) is 25.4 Å². The third kappa shape index (κ3) is 2.22. The van der Waals surface area contributed by atoms with Crippen molar-refractivity contribution in [2.24, 2.45) is 0 Å². The van der Waals surface area contributed by atoms with Gasteiger partial charge in [-0.05, 0) is 23.6 Å². The number of fused-ring (bicyclic) bond motifs is 1. The van der Waals surface area contributed by atoms with Crippen molar-refractivity contribution < 1.29 is 4.74 Å². The number of para-hydroxylation sites is 1. The van der Waals surface area contributed by atoms with Gasteiger partial charge in [0.05, 0.1) is 23.4 Å². The number of ether oxygens (including phenoxy) is 1. The molecule has 1 aliphatic rings. The van der Waals surface area contributed by atoms with E-state index in [1.807, 2.05) is 6.07 Å². The molecule has 3 nitrogen and oxygen atoms in total. The molecule has 3 heterocycles. The van der Waals surface area contributed by atoms with Gasteiger partial charge in [-0.1, -0.05) is 29.5 Å². The molecule has 0 radical (unpaired) electrons.